The average molecular weight is 419 g/mol. The smallest absolute Gasteiger partial charge is 0.327 e. The van der Waals surface area contributed by atoms with Crippen molar-refractivity contribution in [2.24, 2.45) is 0 Å². The molecule has 5 rings (SSSR count). The summed E-state index contributed by atoms with van der Waals surface area (Å²) in [6, 6.07) is 14.3. The summed E-state index contributed by atoms with van der Waals surface area (Å²) in [4.78, 5) is 41.7. The number of nitrogens with one attached hydrogen (secondary N) is 1. The first-order valence-electron chi connectivity index (χ1n) is 10.8. The van der Waals surface area contributed by atoms with Crippen molar-refractivity contribution >= 4 is 17.8 Å². The second-order valence-corrected chi connectivity index (χ2v) is 8.50. The van der Waals surface area contributed by atoms with Crippen LogP contribution in [0, 0.1) is 0 Å². The van der Waals surface area contributed by atoms with Crippen LogP contribution in [-0.4, -0.2) is 46.8 Å². The highest BCUT2D eigenvalue weighted by atomic mass is 16.5. The number of ether oxygens (including phenoxy) is 1. The van der Waals surface area contributed by atoms with E-state index in [1.54, 1.807) is 11.9 Å². The lowest BCUT2D eigenvalue weighted by atomic mass is 9.81. The fourth-order valence-electron chi connectivity index (χ4n) is 5.09. The Morgan fingerprint density at radius 3 is 2.19 bits per heavy atom. The Bertz CT molecular complexity index is 1010. The molecule has 0 bridgehead atoms. The lowest BCUT2D eigenvalue weighted by Crippen LogP contribution is -2.49. The van der Waals surface area contributed by atoms with E-state index < -0.39 is 17.6 Å². The Morgan fingerprint density at radius 2 is 1.58 bits per heavy atom. The SMILES string of the molecule is CN1C(=O)N(CC(=O)NC2c3ccccc3Oc3ccccc32)C(=O)C12CCCCC2. The van der Waals surface area contributed by atoms with Gasteiger partial charge in [-0.1, -0.05) is 55.7 Å². The minimum Gasteiger partial charge on any atom is -0.457 e. The fourth-order valence-corrected chi connectivity index (χ4v) is 5.09. The zero-order valence-electron chi connectivity index (χ0n) is 17.5. The predicted octanol–water partition coefficient (Wildman–Crippen LogP) is 3.59. The summed E-state index contributed by atoms with van der Waals surface area (Å²) < 4.78 is 5.97. The van der Waals surface area contributed by atoms with E-state index in [-0.39, 0.29) is 18.4 Å². The molecule has 1 N–H and O–H groups in total. The van der Waals surface area contributed by atoms with E-state index in [1.165, 1.54) is 0 Å². The molecule has 2 fully saturated rings. The molecule has 0 radical (unpaired) electrons. The molecule has 3 aliphatic rings. The molecule has 4 amide bonds. The number of fused-ring (bicyclic) bond motifs is 2. The summed E-state index contributed by atoms with van der Waals surface area (Å²) in [5, 5.41) is 3.02. The van der Waals surface area contributed by atoms with Crippen molar-refractivity contribution in [3.8, 4) is 11.5 Å². The fraction of sp³-hybridized carbons (Fsp3) is 0.375. The molecule has 0 unspecified atom stereocenters. The summed E-state index contributed by atoms with van der Waals surface area (Å²) in [5.74, 6) is 0.739. The monoisotopic (exact) mass is 419 g/mol. The molecule has 2 aromatic carbocycles. The number of para-hydroxylation sites is 2. The highest BCUT2D eigenvalue weighted by Crippen LogP contribution is 2.43. The minimum absolute atomic E-state index is 0.248. The molecule has 2 aromatic rings. The van der Waals surface area contributed by atoms with E-state index >= 15 is 0 Å². The number of likely N-dealkylation sites (N-methyl/N-ethyl adjacent to an activating group) is 1. The molecule has 0 atom stereocenters. The van der Waals surface area contributed by atoms with Crippen LogP contribution < -0.4 is 10.1 Å². The van der Waals surface area contributed by atoms with Gasteiger partial charge in [-0.05, 0) is 25.0 Å². The van der Waals surface area contributed by atoms with Gasteiger partial charge in [-0.25, -0.2) is 4.79 Å². The van der Waals surface area contributed by atoms with Crippen LogP contribution in [0.15, 0.2) is 48.5 Å². The van der Waals surface area contributed by atoms with Gasteiger partial charge in [0, 0.05) is 18.2 Å². The predicted molar refractivity (Wildman–Crippen MR) is 114 cm³/mol. The van der Waals surface area contributed by atoms with Crippen molar-refractivity contribution in [2.45, 2.75) is 43.7 Å². The number of carbonyl (C=O) groups is 3. The zero-order valence-corrected chi connectivity index (χ0v) is 17.5. The van der Waals surface area contributed by atoms with Gasteiger partial charge in [-0.15, -0.1) is 0 Å². The van der Waals surface area contributed by atoms with Crippen LogP contribution in [0.2, 0.25) is 0 Å². The molecule has 0 aromatic heterocycles. The number of nitrogens with zero attached hydrogens (tertiary/aromatic N) is 2. The largest absolute Gasteiger partial charge is 0.457 e. The second-order valence-electron chi connectivity index (χ2n) is 8.50. The van der Waals surface area contributed by atoms with E-state index in [0.717, 1.165) is 35.3 Å². The molecular formula is C24H25N3O4. The number of amides is 4. The lowest BCUT2D eigenvalue weighted by molar-refractivity contribution is -0.137. The van der Waals surface area contributed by atoms with E-state index in [2.05, 4.69) is 5.32 Å². The minimum atomic E-state index is -0.784. The molecule has 160 valence electrons. The van der Waals surface area contributed by atoms with Gasteiger partial charge in [-0.2, -0.15) is 0 Å². The summed E-state index contributed by atoms with van der Waals surface area (Å²) in [6.45, 7) is -0.286. The van der Waals surface area contributed by atoms with Crippen molar-refractivity contribution in [1.82, 2.24) is 15.1 Å². The first-order chi connectivity index (χ1) is 15.0. The summed E-state index contributed by atoms with van der Waals surface area (Å²) in [7, 11) is 1.68. The van der Waals surface area contributed by atoms with Gasteiger partial charge in [0.25, 0.3) is 5.91 Å². The quantitative estimate of drug-likeness (QED) is 0.771. The van der Waals surface area contributed by atoms with Gasteiger partial charge in [0.1, 0.15) is 23.6 Å². The zero-order chi connectivity index (χ0) is 21.6. The maximum Gasteiger partial charge on any atom is 0.327 e. The van der Waals surface area contributed by atoms with Crippen LogP contribution in [0.1, 0.15) is 49.3 Å². The topological polar surface area (TPSA) is 79.0 Å². The molecule has 2 heterocycles. The van der Waals surface area contributed by atoms with E-state index in [0.29, 0.717) is 24.3 Å². The third kappa shape index (κ3) is 3.07. The van der Waals surface area contributed by atoms with E-state index in [1.807, 2.05) is 48.5 Å². The van der Waals surface area contributed by atoms with Gasteiger partial charge in [0.05, 0.1) is 6.04 Å². The Labute approximate surface area is 181 Å². The number of urea groups is 1. The number of benzene rings is 2. The van der Waals surface area contributed by atoms with E-state index in [4.69, 9.17) is 4.74 Å². The van der Waals surface area contributed by atoms with Crippen molar-refractivity contribution in [2.75, 3.05) is 13.6 Å². The third-order valence-electron chi connectivity index (χ3n) is 6.77. The third-order valence-corrected chi connectivity index (χ3v) is 6.77. The molecular weight excluding hydrogens is 394 g/mol. The first-order valence-corrected chi connectivity index (χ1v) is 10.8. The Balaban J connectivity index is 1.38. The van der Waals surface area contributed by atoms with Crippen molar-refractivity contribution in [3.63, 3.8) is 0 Å². The molecule has 2 aliphatic heterocycles. The van der Waals surface area contributed by atoms with Crippen molar-refractivity contribution in [3.05, 3.63) is 59.7 Å². The molecule has 1 aliphatic carbocycles. The number of carbonyl (C=O) groups excluding carboxylic acids is 3. The Kier molecular flexibility index (Phi) is 4.68. The van der Waals surface area contributed by atoms with Gasteiger partial charge < -0.3 is 15.0 Å². The first kappa shape index (κ1) is 19.6. The Morgan fingerprint density at radius 1 is 1.00 bits per heavy atom. The number of hydrogen-bond acceptors (Lipinski definition) is 4. The summed E-state index contributed by atoms with van der Waals surface area (Å²) in [5.41, 5.74) is 0.900. The highest BCUT2D eigenvalue weighted by Gasteiger charge is 2.55. The number of rotatable bonds is 3. The Hall–Kier alpha value is -3.35. The van der Waals surface area contributed by atoms with Gasteiger partial charge in [0.2, 0.25) is 5.91 Å². The van der Waals surface area contributed by atoms with Crippen molar-refractivity contribution in [1.29, 1.82) is 0 Å². The second kappa shape index (κ2) is 7.41. The lowest BCUT2D eigenvalue weighted by Gasteiger charge is -2.35. The van der Waals surface area contributed by atoms with Gasteiger partial charge in [0.15, 0.2) is 0 Å². The normalized spacial score (nSPS) is 19.8. The highest BCUT2D eigenvalue weighted by molar-refractivity contribution is 6.09. The number of hydrogen-bond donors (Lipinski definition) is 1. The summed E-state index contributed by atoms with van der Waals surface area (Å²) in [6.07, 6.45) is 4.22. The van der Waals surface area contributed by atoms with Crippen LogP contribution in [0.25, 0.3) is 0 Å². The van der Waals surface area contributed by atoms with Gasteiger partial charge in [-0.3, -0.25) is 14.5 Å². The molecule has 1 spiro atoms. The molecule has 31 heavy (non-hydrogen) atoms. The van der Waals surface area contributed by atoms with E-state index in [9.17, 15) is 14.4 Å². The van der Waals surface area contributed by atoms with Crippen molar-refractivity contribution < 1.29 is 19.1 Å². The maximum atomic E-state index is 13.2. The molecule has 7 nitrogen and oxygen atoms in total. The van der Waals surface area contributed by atoms with Crippen LogP contribution in [0.3, 0.4) is 0 Å². The maximum absolute atomic E-state index is 13.2. The van der Waals surface area contributed by atoms with Crippen LogP contribution in [-0.2, 0) is 9.59 Å². The van der Waals surface area contributed by atoms with Crippen LogP contribution >= 0.6 is 0 Å². The summed E-state index contributed by atoms with van der Waals surface area (Å²) >= 11 is 0. The number of imide groups is 1. The molecule has 7 heteroatoms. The standard InChI is InChI=1S/C24H25N3O4/c1-26-23(30)27(22(29)24(26)13-7-2-8-14-24)15-20(28)25-21-16-9-3-5-11-18(16)31-19-12-6-4-10-17(19)21/h3-6,9-12,21H,2,7-8,13-15H2,1H3,(H,25,28). The molecule has 1 saturated carbocycles. The van der Waals surface area contributed by atoms with Gasteiger partial charge >= 0.3 is 6.03 Å². The average Bonchev–Trinajstić information content (AvgIpc) is 2.96. The van der Waals surface area contributed by atoms with Crippen LogP contribution in [0.5, 0.6) is 11.5 Å². The molecule has 1 saturated heterocycles. The van der Waals surface area contributed by atoms with Crippen LogP contribution in [0.4, 0.5) is 4.79 Å².